The standard InChI is InChI=1S/C13H10F.BrH.Mg/c1-10-7-8-12(9-13(10)14)11-5-3-2-4-6-11;;/h2-3,5-9H,1H3;1H;/q-1;;+2/p-1. The van der Waals surface area contributed by atoms with Gasteiger partial charge in [-0.25, -0.2) is 4.39 Å². The Kier molecular flexibility index (Phi) is 6.87. The van der Waals surface area contributed by atoms with Crippen molar-refractivity contribution >= 4 is 23.1 Å². The fourth-order valence-electron chi connectivity index (χ4n) is 1.35. The van der Waals surface area contributed by atoms with Crippen LogP contribution >= 0.6 is 0 Å². The van der Waals surface area contributed by atoms with Gasteiger partial charge in [0.25, 0.3) is 0 Å². The van der Waals surface area contributed by atoms with E-state index in [0.29, 0.717) is 5.56 Å². The second-order valence-corrected chi connectivity index (χ2v) is 3.26. The van der Waals surface area contributed by atoms with Crippen LogP contribution in [0.15, 0.2) is 42.5 Å². The zero-order chi connectivity index (χ0) is 9.97. The minimum absolute atomic E-state index is 0. The summed E-state index contributed by atoms with van der Waals surface area (Å²) >= 11 is 0. The first kappa shape index (κ1) is 15.6. The molecule has 0 N–H and O–H groups in total. The molecule has 0 aliphatic heterocycles. The third kappa shape index (κ3) is 3.58. The summed E-state index contributed by atoms with van der Waals surface area (Å²) in [7, 11) is 0. The Morgan fingerprint density at radius 3 is 2.44 bits per heavy atom. The molecule has 0 spiro atoms. The van der Waals surface area contributed by atoms with Gasteiger partial charge in [-0.1, -0.05) is 17.7 Å². The molecule has 2 aromatic rings. The molecule has 2 rings (SSSR count). The molecule has 0 radical (unpaired) electrons. The van der Waals surface area contributed by atoms with Crippen LogP contribution in [0.2, 0.25) is 0 Å². The van der Waals surface area contributed by atoms with Crippen molar-refractivity contribution < 1.29 is 21.4 Å². The predicted molar refractivity (Wildman–Crippen MR) is 61.2 cm³/mol. The number of hydrogen-bond acceptors (Lipinski definition) is 0. The minimum atomic E-state index is -0.161. The van der Waals surface area contributed by atoms with E-state index in [1.807, 2.05) is 30.3 Å². The quantitative estimate of drug-likeness (QED) is 0.521. The average Bonchev–Trinajstić information content (AvgIpc) is 2.23. The molecule has 0 amide bonds. The maximum Gasteiger partial charge on any atom is 2.00 e. The van der Waals surface area contributed by atoms with Gasteiger partial charge in [0.05, 0.1) is 0 Å². The van der Waals surface area contributed by atoms with E-state index >= 15 is 0 Å². The zero-order valence-electron chi connectivity index (χ0n) is 9.00. The van der Waals surface area contributed by atoms with Gasteiger partial charge in [-0.3, -0.25) is 0 Å². The van der Waals surface area contributed by atoms with Gasteiger partial charge < -0.3 is 17.0 Å². The van der Waals surface area contributed by atoms with Crippen LogP contribution in [-0.2, 0) is 0 Å². The van der Waals surface area contributed by atoms with Gasteiger partial charge >= 0.3 is 23.1 Å². The molecule has 0 aliphatic rings. The van der Waals surface area contributed by atoms with Crippen LogP contribution in [0.4, 0.5) is 4.39 Å². The van der Waals surface area contributed by atoms with Gasteiger partial charge in [0.15, 0.2) is 0 Å². The maximum atomic E-state index is 13.3. The molecule has 78 valence electrons. The fourth-order valence-corrected chi connectivity index (χ4v) is 1.35. The molecule has 0 aliphatic carbocycles. The third-order valence-corrected chi connectivity index (χ3v) is 2.21. The zero-order valence-corrected chi connectivity index (χ0v) is 12.0. The molecule has 16 heavy (non-hydrogen) atoms. The van der Waals surface area contributed by atoms with E-state index in [0.717, 1.165) is 11.1 Å². The third-order valence-electron chi connectivity index (χ3n) is 2.21. The van der Waals surface area contributed by atoms with Crippen LogP contribution in [-0.4, -0.2) is 23.1 Å². The van der Waals surface area contributed by atoms with Crippen LogP contribution < -0.4 is 17.0 Å². The summed E-state index contributed by atoms with van der Waals surface area (Å²) in [5.41, 5.74) is 2.56. The summed E-state index contributed by atoms with van der Waals surface area (Å²) < 4.78 is 13.3. The smallest absolute Gasteiger partial charge is 1.00 e. The van der Waals surface area contributed by atoms with Crippen LogP contribution in [0.25, 0.3) is 11.1 Å². The van der Waals surface area contributed by atoms with Gasteiger partial charge in [0.1, 0.15) is 5.82 Å². The first-order valence-electron chi connectivity index (χ1n) is 4.50. The summed E-state index contributed by atoms with van der Waals surface area (Å²) in [5.74, 6) is -0.161. The summed E-state index contributed by atoms with van der Waals surface area (Å²) in [6.45, 7) is 1.76. The van der Waals surface area contributed by atoms with E-state index in [2.05, 4.69) is 6.07 Å². The minimum Gasteiger partial charge on any atom is -1.00 e. The molecule has 0 heterocycles. The van der Waals surface area contributed by atoms with E-state index in [1.165, 1.54) is 0 Å². The first-order chi connectivity index (χ1) is 6.77. The Hall–Kier alpha value is -0.384. The van der Waals surface area contributed by atoms with Gasteiger partial charge in [0, 0.05) is 0 Å². The Morgan fingerprint density at radius 2 is 1.88 bits per heavy atom. The molecular weight excluding hydrogens is 279 g/mol. The van der Waals surface area contributed by atoms with Crippen molar-refractivity contribution in [3.8, 4) is 11.1 Å². The number of hydrogen-bond donors (Lipinski definition) is 0. The molecule has 0 atom stereocenters. The molecule has 0 aromatic heterocycles. The van der Waals surface area contributed by atoms with E-state index in [1.54, 1.807) is 19.1 Å². The monoisotopic (exact) mass is 288 g/mol. The molecule has 0 unspecified atom stereocenters. The first-order valence-corrected chi connectivity index (χ1v) is 4.50. The molecule has 0 saturated heterocycles. The van der Waals surface area contributed by atoms with Crippen LogP contribution in [0, 0.1) is 18.8 Å². The molecule has 2 aromatic carbocycles. The second kappa shape index (κ2) is 7.04. The Labute approximate surface area is 122 Å². The maximum absolute atomic E-state index is 13.3. The Bertz CT molecular complexity index is 443. The van der Waals surface area contributed by atoms with Crippen molar-refractivity contribution in [3.63, 3.8) is 0 Å². The van der Waals surface area contributed by atoms with Gasteiger partial charge in [-0.15, -0.1) is 5.56 Å². The van der Waals surface area contributed by atoms with Crippen LogP contribution in [0.5, 0.6) is 0 Å². The largest absolute Gasteiger partial charge is 2.00 e. The van der Waals surface area contributed by atoms with Gasteiger partial charge in [-0.05, 0) is 18.6 Å². The Balaban J connectivity index is 0.00000112. The summed E-state index contributed by atoms with van der Waals surface area (Å²) in [4.78, 5) is 0. The predicted octanol–water partition coefficient (Wildman–Crippen LogP) is 0.225. The Morgan fingerprint density at radius 1 is 1.12 bits per heavy atom. The second-order valence-electron chi connectivity index (χ2n) is 3.26. The van der Waals surface area contributed by atoms with Crippen molar-refractivity contribution in [1.82, 2.24) is 0 Å². The summed E-state index contributed by atoms with van der Waals surface area (Å²) in [6, 6.07) is 15.8. The number of rotatable bonds is 1. The topological polar surface area (TPSA) is 0 Å². The van der Waals surface area contributed by atoms with E-state index in [4.69, 9.17) is 0 Å². The molecule has 0 saturated carbocycles. The molecule has 0 bridgehead atoms. The molecular formula is C13H10BrFMg. The van der Waals surface area contributed by atoms with Crippen molar-refractivity contribution in [3.05, 3.63) is 59.9 Å². The van der Waals surface area contributed by atoms with Crippen molar-refractivity contribution in [1.29, 1.82) is 0 Å². The van der Waals surface area contributed by atoms with Crippen molar-refractivity contribution in [2.45, 2.75) is 6.92 Å². The van der Waals surface area contributed by atoms with Gasteiger partial charge in [0.2, 0.25) is 0 Å². The van der Waals surface area contributed by atoms with Crippen LogP contribution in [0.3, 0.4) is 0 Å². The number of aryl methyl sites for hydroxylation is 1. The normalized spacial score (nSPS) is 8.88. The fraction of sp³-hybridized carbons (Fsp3) is 0.0769. The summed E-state index contributed by atoms with van der Waals surface area (Å²) in [5, 5.41) is 0. The van der Waals surface area contributed by atoms with E-state index in [-0.39, 0.29) is 45.9 Å². The number of benzene rings is 2. The van der Waals surface area contributed by atoms with E-state index < -0.39 is 0 Å². The molecule has 0 nitrogen and oxygen atoms in total. The average molecular weight is 289 g/mol. The molecule has 3 heteroatoms. The van der Waals surface area contributed by atoms with Crippen LogP contribution in [0.1, 0.15) is 5.56 Å². The van der Waals surface area contributed by atoms with Crippen molar-refractivity contribution in [2.24, 2.45) is 0 Å². The van der Waals surface area contributed by atoms with Crippen molar-refractivity contribution in [2.75, 3.05) is 0 Å². The SMILES string of the molecule is Cc1ccc(-c2c[c-]ccc2)cc1F.[Br-].[Mg+2]. The number of halogens is 2. The summed E-state index contributed by atoms with van der Waals surface area (Å²) in [6.07, 6.45) is 0. The van der Waals surface area contributed by atoms with Gasteiger partial charge in [-0.2, -0.15) is 30.3 Å². The molecule has 0 fully saturated rings. The van der Waals surface area contributed by atoms with E-state index in [9.17, 15) is 4.39 Å².